The summed E-state index contributed by atoms with van der Waals surface area (Å²) in [6, 6.07) is 13.0. The Balaban J connectivity index is 1.80. The summed E-state index contributed by atoms with van der Waals surface area (Å²) in [6.45, 7) is 2.10. The van der Waals surface area contributed by atoms with Crippen molar-refractivity contribution in [1.29, 1.82) is 0 Å². The summed E-state index contributed by atoms with van der Waals surface area (Å²) in [5.41, 5.74) is 2.88. The lowest BCUT2D eigenvalue weighted by Gasteiger charge is -1.99. The van der Waals surface area contributed by atoms with Crippen molar-refractivity contribution in [2.75, 3.05) is 0 Å². The number of carbonyl (C=O) groups is 1. The van der Waals surface area contributed by atoms with Crippen molar-refractivity contribution in [2.45, 2.75) is 13.3 Å². The number of phenols is 1. The highest BCUT2D eigenvalue weighted by atomic mass is 79.9. The largest absolute Gasteiger partial charge is 0.507 e. The fraction of sp³-hybridized carbons (Fsp3) is 0.111. The Hall–Kier alpha value is -2.05. The van der Waals surface area contributed by atoms with Crippen LogP contribution in [-0.2, 0) is 11.2 Å². The topological polar surface area (TPSA) is 61.7 Å². The van der Waals surface area contributed by atoms with E-state index in [-0.39, 0.29) is 11.7 Å². The monoisotopic (exact) mass is 402 g/mol. The third-order valence-electron chi connectivity index (χ3n) is 3.50. The van der Waals surface area contributed by atoms with Gasteiger partial charge in [0.05, 0.1) is 15.1 Å². The van der Waals surface area contributed by atoms with Gasteiger partial charge >= 0.3 is 0 Å². The van der Waals surface area contributed by atoms with E-state index >= 15 is 0 Å². The van der Waals surface area contributed by atoms with Crippen molar-refractivity contribution in [3.05, 3.63) is 63.0 Å². The number of benzene rings is 2. The number of aromatic hydroxyl groups is 1. The molecule has 6 heteroatoms. The maximum Gasteiger partial charge on any atom is 0.264 e. The van der Waals surface area contributed by atoms with Crippen LogP contribution in [0.1, 0.15) is 18.1 Å². The molecule has 0 atom stereocenters. The number of thioether (sulfide) groups is 1. The summed E-state index contributed by atoms with van der Waals surface area (Å²) in [5.74, 6) is -0.00780. The lowest BCUT2D eigenvalue weighted by Crippen LogP contribution is -2.19. The first-order chi connectivity index (χ1) is 11.5. The zero-order chi connectivity index (χ0) is 17.1. The predicted octanol–water partition coefficient (Wildman–Crippen LogP) is 4.61. The number of amidine groups is 1. The zero-order valence-electron chi connectivity index (χ0n) is 12.9. The van der Waals surface area contributed by atoms with Gasteiger partial charge in [0.15, 0.2) is 5.17 Å². The lowest BCUT2D eigenvalue weighted by atomic mass is 10.2. The Kier molecular flexibility index (Phi) is 5.06. The van der Waals surface area contributed by atoms with Gasteiger partial charge in [0, 0.05) is 0 Å². The second-order valence-electron chi connectivity index (χ2n) is 5.21. The van der Waals surface area contributed by atoms with E-state index in [0.717, 1.165) is 17.7 Å². The minimum absolute atomic E-state index is 0.165. The Morgan fingerprint density at radius 2 is 2.00 bits per heavy atom. The van der Waals surface area contributed by atoms with Crippen LogP contribution in [0.3, 0.4) is 0 Å². The summed E-state index contributed by atoms with van der Waals surface area (Å²) in [6.07, 6.45) is 2.75. The number of hydrogen-bond donors (Lipinski definition) is 2. The fourth-order valence-electron chi connectivity index (χ4n) is 2.17. The zero-order valence-corrected chi connectivity index (χ0v) is 15.3. The number of rotatable bonds is 3. The Bertz CT molecular complexity index is 845. The molecule has 2 N–H and O–H groups in total. The second-order valence-corrected chi connectivity index (χ2v) is 7.10. The molecule has 0 radical (unpaired) electrons. The van der Waals surface area contributed by atoms with Crippen LogP contribution in [0, 0.1) is 0 Å². The minimum Gasteiger partial charge on any atom is -0.507 e. The number of carbonyl (C=O) groups excluding carboxylic acids is 1. The molecular formula is C18H15BrN2O2S. The molecule has 0 spiro atoms. The van der Waals surface area contributed by atoms with Crippen molar-refractivity contribution in [3.63, 3.8) is 0 Å². The number of phenolic OH excluding ortho intramolecular Hbond substituents is 1. The van der Waals surface area contributed by atoms with Gasteiger partial charge in [0.1, 0.15) is 5.75 Å². The van der Waals surface area contributed by atoms with E-state index in [1.807, 2.05) is 24.3 Å². The van der Waals surface area contributed by atoms with Crippen LogP contribution in [0.2, 0.25) is 0 Å². The van der Waals surface area contributed by atoms with Gasteiger partial charge in [0.25, 0.3) is 5.91 Å². The summed E-state index contributed by atoms with van der Waals surface area (Å²) in [4.78, 5) is 17.1. The van der Waals surface area contributed by atoms with Crippen LogP contribution < -0.4 is 5.32 Å². The highest BCUT2D eigenvalue weighted by molar-refractivity contribution is 9.10. The van der Waals surface area contributed by atoms with Crippen LogP contribution in [0.4, 0.5) is 5.69 Å². The summed E-state index contributed by atoms with van der Waals surface area (Å²) in [7, 11) is 0. The van der Waals surface area contributed by atoms with Gasteiger partial charge < -0.3 is 10.4 Å². The number of nitrogens with one attached hydrogen (secondary N) is 1. The van der Waals surface area contributed by atoms with Crippen molar-refractivity contribution < 1.29 is 9.90 Å². The molecule has 1 aliphatic heterocycles. The van der Waals surface area contributed by atoms with Crippen LogP contribution in [0.15, 0.2) is 56.8 Å². The molecule has 2 aromatic carbocycles. The molecule has 4 nitrogen and oxygen atoms in total. The highest BCUT2D eigenvalue weighted by Crippen LogP contribution is 2.30. The molecule has 0 saturated carbocycles. The second kappa shape index (κ2) is 7.23. The maximum absolute atomic E-state index is 12.1. The maximum atomic E-state index is 12.1. The van der Waals surface area contributed by atoms with Crippen molar-refractivity contribution >= 4 is 50.5 Å². The molecule has 1 aliphatic rings. The first-order valence-corrected chi connectivity index (χ1v) is 9.03. The van der Waals surface area contributed by atoms with Gasteiger partial charge in [-0.2, -0.15) is 0 Å². The molecule has 1 amide bonds. The smallest absolute Gasteiger partial charge is 0.264 e. The molecule has 3 rings (SSSR count). The number of amides is 1. The molecule has 1 fully saturated rings. The summed E-state index contributed by atoms with van der Waals surface area (Å²) >= 11 is 4.57. The van der Waals surface area contributed by atoms with Gasteiger partial charge in [-0.3, -0.25) is 4.79 Å². The van der Waals surface area contributed by atoms with E-state index in [1.165, 1.54) is 17.3 Å². The first kappa shape index (κ1) is 16.8. The molecular weight excluding hydrogens is 388 g/mol. The van der Waals surface area contributed by atoms with Crippen molar-refractivity contribution in [3.8, 4) is 5.75 Å². The van der Waals surface area contributed by atoms with Gasteiger partial charge in [0.2, 0.25) is 0 Å². The quantitative estimate of drug-likeness (QED) is 0.736. The molecule has 122 valence electrons. The molecule has 24 heavy (non-hydrogen) atoms. The molecule has 1 heterocycles. The molecule has 1 saturated heterocycles. The van der Waals surface area contributed by atoms with Crippen LogP contribution in [0.5, 0.6) is 5.75 Å². The van der Waals surface area contributed by atoms with Crippen molar-refractivity contribution in [1.82, 2.24) is 5.32 Å². The van der Waals surface area contributed by atoms with Gasteiger partial charge in [-0.25, -0.2) is 4.99 Å². The van der Waals surface area contributed by atoms with Crippen LogP contribution >= 0.6 is 27.7 Å². The lowest BCUT2D eigenvalue weighted by molar-refractivity contribution is -0.115. The summed E-state index contributed by atoms with van der Waals surface area (Å²) < 4.78 is 0.588. The fourth-order valence-corrected chi connectivity index (χ4v) is 3.41. The molecule has 0 aliphatic carbocycles. The normalized spacial score (nSPS) is 17.5. The van der Waals surface area contributed by atoms with E-state index in [0.29, 0.717) is 14.5 Å². The molecule has 2 aromatic rings. The van der Waals surface area contributed by atoms with Crippen LogP contribution in [0.25, 0.3) is 6.08 Å². The average Bonchev–Trinajstić information content (AvgIpc) is 2.91. The average molecular weight is 403 g/mol. The first-order valence-electron chi connectivity index (χ1n) is 7.42. The molecule has 0 aromatic heterocycles. The predicted molar refractivity (Wildman–Crippen MR) is 102 cm³/mol. The Morgan fingerprint density at radius 3 is 2.67 bits per heavy atom. The SMILES string of the molecule is CCc1ccc(N=C2NC(=O)C(=Cc3ccc(O)c(Br)c3)S2)cc1. The van der Waals surface area contributed by atoms with Gasteiger partial charge in [-0.1, -0.05) is 25.1 Å². The van der Waals surface area contributed by atoms with Gasteiger partial charge in [-0.05, 0) is 75.6 Å². The molecule has 0 bridgehead atoms. The standard InChI is InChI=1S/C18H15BrN2O2S/c1-2-11-3-6-13(7-4-11)20-18-21-17(23)16(24-18)10-12-5-8-15(22)14(19)9-12/h3-10,22H,2H2,1H3,(H,20,21,23). The van der Waals surface area contributed by atoms with E-state index in [1.54, 1.807) is 24.3 Å². The number of aliphatic imine (C=N–C) groups is 1. The van der Waals surface area contributed by atoms with E-state index in [9.17, 15) is 9.90 Å². The highest BCUT2D eigenvalue weighted by Gasteiger charge is 2.23. The van der Waals surface area contributed by atoms with E-state index < -0.39 is 0 Å². The number of hydrogen-bond acceptors (Lipinski definition) is 4. The number of halogens is 1. The van der Waals surface area contributed by atoms with Crippen molar-refractivity contribution in [2.24, 2.45) is 4.99 Å². The minimum atomic E-state index is -0.173. The number of nitrogens with zero attached hydrogens (tertiary/aromatic N) is 1. The van der Waals surface area contributed by atoms with Crippen LogP contribution in [-0.4, -0.2) is 16.2 Å². The number of aryl methyl sites for hydroxylation is 1. The van der Waals surface area contributed by atoms with E-state index in [2.05, 4.69) is 33.2 Å². The Labute approximate surface area is 152 Å². The van der Waals surface area contributed by atoms with E-state index in [4.69, 9.17) is 0 Å². The third-order valence-corrected chi connectivity index (χ3v) is 5.04. The third kappa shape index (κ3) is 3.88. The summed E-state index contributed by atoms with van der Waals surface area (Å²) in [5, 5.41) is 12.9. The Morgan fingerprint density at radius 1 is 1.25 bits per heavy atom. The molecule has 0 unspecified atom stereocenters. The van der Waals surface area contributed by atoms with Gasteiger partial charge in [-0.15, -0.1) is 0 Å².